The van der Waals surface area contributed by atoms with Gasteiger partial charge in [-0.2, -0.15) is 0 Å². The number of rotatable bonds is 3. The van der Waals surface area contributed by atoms with Crippen LogP contribution in [-0.4, -0.2) is 30.5 Å². The van der Waals surface area contributed by atoms with Gasteiger partial charge in [0.2, 0.25) is 0 Å². The Labute approximate surface area is 164 Å². The molecule has 142 valence electrons. The van der Waals surface area contributed by atoms with Gasteiger partial charge in [0.15, 0.2) is 0 Å². The summed E-state index contributed by atoms with van der Waals surface area (Å²) in [7, 11) is 1.27. The van der Waals surface area contributed by atoms with E-state index in [1.165, 1.54) is 31.4 Å². The number of thiophene rings is 1. The van der Waals surface area contributed by atoms with E-state index in [0.717, 1.165) is 4.88 Å². The molecule has 27 heavy (non-hydrogen) atoms. The van der Waals surface area contributed by atoms with E-state index in [1.54, 1.807) is 19.1 Å². The molecular formula is C18H17ClN2O5S. The molecule has 9 heteroatoms. The first-order chi connectivity index (χ1) is 12.7. The molecule has 2 aromatic rings. The number of hydrogen-bond acceptors (Lipinski definition) is 6. The molecule has 1 atom stereocenters. The molecule has 1 aromatic carbocycles. The molecule has 0 spiro atoms. The first kappa shape index (κ1) is 19.2. The van der Waals surface area contributed by atoms with E-state index in [4.69, 9.17) is 21.1 Å². The molecule has 0 saturated heterocycles. The molecule has 0 bridgehead atoms. The molecule has 0 aliphatic carbocycles. The average molecular weight is 409 g/mol. The van der Waals surface area contributed by atoms with Crippen LogP contribution in [0.1, 0.15) is 27.7 Å². The Morgan fingerprint density at radius 2 is 2.04 bits per heavy atom. The van der Waals surface area contributed by atoms with E-state index in [-0.39, 0.29) is 5.56 Å². The van der Waals surface area contributed by atoms with Crippen LogP contribution in [-0.2, 0) is 14.3 Å². The van der Waals surface area contributed by atoms with Crippen LogP contribution < -0.4 is 15.4 Å². The second-order valence-electron chi connectivity index (χ2n) is 6.16. The summed E-state index contributed by atoms with van der Waals surface area (Å²) in [6.45, 7) is 4.95. The van der Waals surface area contributed by atoms with Gasteiger partial charge in [-0.1, -0.05) is 11.6 Å². The average Bonchev–Trinajstić information content (AvgIpc) is 2.89. The highest BCUT2D eigenvalue weighted by atomic mass is 35.5. The van der Waals surface area contributed by atoms with Gasteiger partial charge in [0.25, 0.3) is 17.4 Å². The number of fused-ring (bicyclic) bond motifs is 1. The number of esters is 1. The third-order valence-corrected chi connectivity index (χ3v) is 5.73. The Kier molecular flexibility index (Phi) is 4.88. The van der Waals surface area contributed by atoms with Gasteiger partial charge in [0.1, 0.15) is 10.8 Å². The van der Waals surface area contributed by atoms with Crippen molar-refractivity contribution in [2.75, 3.05) is 17.7 Å². The maximum atomic E-state index is 12.9. The molecule has 2 N–H and O–H groups in total. The fourth-order valence-electron chi connectivity index (χ4n) is 2.63. The Morgan fingerprint density at radius 1 is 1.33 bits per heavy atom. The van der Waals surface area contributed by atoms with Gasteiger partial charge in [0, 0.05) is 9.90 Å². The van der Waals surface area contributed by atoms with Crippen molar-refractivity contribution in [1.29, 1.82) is 0 Å². The van der Waals surface area contributed by atoms with Crippen LogP contribution >= 0.6 is 22.9 Å². The number of halogens is 1. The predicted octanol–water partition coefficient (Wildman–Crippen LogP) is 3.53. The lowest BCUT2D eigenvalue weighted by Gasteiger charge is -2.33. The fourth-order valence-corrected chi connectivity index (χ4v) is 3.85. The Bertz CT molecular complexity index is 971. The Balaban J connectivity index is 1.93. The number of aryl methyl sites for hydroxylation is 1. The lowest BCUT2D eigenvalue weighted by atomic mass is 10.0. The topological polar surface area (TPSA) is 93.7 Å². The van der Waals surface area contributed by atoms with Gasteiger partial charge in [-0.15, -0.1) is 11.3 Å². The first-order valence-electron chi connectivity index (χ1n) is 7.97. The number of ether oxygens (including phenoxy) is 2. The van der Waals surface area contributed by atoms with Crippen molar-refractivity contribution < 1.29 is 23.9 Å². The molecular weight excluding hydrogens is 392 g/mol. The number of hydrogen-bond donors (Lipinski definition) is 2. The van der Waals surface area contributed by atoms with Crippen LogP contribution in [0, 0.1) is 13.8 Å². The normalized spacial score (nSPS) is 18.2. The third kappa shape index (κ3) is 3.26. The summed E-state index contributed by atoms with van der Waals surface area (Å²) in [5, 5.41) is 6.00. The zero-order chi connectivity index (χ0) is 19.9. The summed E-state index contributed by atoms with van der Waals surface area (Å²) < 4.78 is 10.5. The number of methoxy groups -OCH3 is 1. The number of carbonyl (C=O) groups excluding carboxylic acids is 3. The van der Waals surface area contributed by atoms with Crippen molar-refractivity contribution in [2.24, 2.45) is 0 Å². The molecule has 2 heterocycles. The number of carbonyl (C=O) groups is 3. The van der Waals surface area contributed by atoms with Crippen molar-refractivity contribution in [1.82, 2.24) is 0 Å². The molecule has 0 saturated carbocycles. The minimum absolute atomic E-state index is 0.264. The second kappa shape index (κ2) is 6.86. The highest BCUT2D eigenvalue weighted by molar-refractivity contribution is 7.16. The fraction of sp³-hybridized carbons (Fsp3) is 0.278. The maximum Gasteiger partial charge on any atom is 0.341 e. The van der Waals surface area contributed by atoms with Crippen LogP contribution in [0.4, 0.5) is 10.7 Å². The van der Waals surface area contributed by atoms with Crippen molar-refractivity contribution >= 4 is 51.4 Å². The highest BCUT2D eigenvalue weighted by Crippen LogP contribution is 2.37. The minimum Gasteiger partial charge on any atom is -0.466 e. The Morgan fingerprint density at radius 3 is 2.70 bits per heavy atom. The first-order valence-corrected chi connectivity index (χ1v) is 9.16. The Hall–Kier alpha value is -2.58. The SMILES string of the molecule is COC(=O)c1c(NC(=O)C2(C)Oc3ccc(Cl)cc3NC2=O)sc(C)c1C. The van der Waals surface area contributed by atoms with Gasteiger partial charge in [-0.3, -0.25) is 9.59 Å². The molecule has 1 aliphatic heterocycles. The van der Waals surface area contributed by atoms with Crippen LogP contribution in [0.5, 0.6) is 5.75 Å². The summed E-state index contributed by atoms with van der Waals surface area (Å²) in [6, 6.07) is 4.70. The molecule has 1 aliphatic rings. The standard InChI is InChI=1S/C18H17ClN2O5S/c1-8-9(2)27-14(13(8)15(22)25-4)21-17(24)18(3)16(23)20-11-7-10(19)5-6-12(11)26-18/h5-7H,1-4H3,(H,20,23)(H,21,24). The van der Waals surface area contributed by atoms with Crippen molar-refractivity contribution in [2.45, 2.75) is 26.4 Å². The van der Waals surface area contributed by atoms with Crippen LogP contribution in [0.15, 0.2) is 18.2 Å². The summed E-state index contributed by atoms with van der Waals surface area (Å²) in [5.74, 6) is -1.58. The maximum absolute atomic E-state index is 12.9. The minimum atomic E-state index is -1.82. The van der Waals surface area contributed by atoms with E-state index >= 15 is 0 Å². The summed E-state index contributed by atoms with van der Waals surface area (Å²) in [6.07, 6.45) is 0. The molecule has 1 unspecified atom stereocenters. The quantitative estimate of drug-likeness (QED) is 0.598. The van der Waals surface area contributed by atoms with Crippen molar-refractivity contribution in [3.63, 3.8) is 0 Å². The van der Waals surface area contributed by atoms with Crippen molar-refractivity contribution in [3.05, 3.63) is 39.2 Å². The predicted molar refractivity (Wildman–Crippen MR) is 103 cm³/mol. The summed E-state index contributed by atoms with van der Waals surface area (Å²) >= 11 is 7.14. The third-order valence-electron chi connectivity index (χ3n) is 4.37. The second-order valence-corrected chi connectivity index (χ2v) is 7.82. The molecule has 1 aromatic heterocycles. The highest BCUT2D eigenvalue weighted by Gasteiger charge is 2.47. The smallest absolute Gasteiger partial charge is 0.341 e. The van der Waals surface area contributed by atoms with Crippen molar-refractivity contribution in [3.8, 4) is 5.75 Å². The van der Waals surface area contributed by atoms with Gasteiger partial charge in [0.05, 0.1) is 18.4 Å². The molecule has 7 nitrogen and oxygen atoms in total. The van der Waals surface area contributed by atoms with E-state index in [1.807, 2.05) is 6.92 Å². The zero-order valence-corrected chi connectivity index (χ0v) is 16.6. The molecule has 2 amide bonds. The molecule has 3 rings (SSSR count). The largest absolute Gasteiger partial charge is 0.466 e. The van der Waals surface area contributed by atoms with Gasteiger partial charge < -0.3 is 20.1 Å². The lowest BCUT2D eigenvalue weighted by molar-refractivity contribution is -0.143. The van der Waals surface area contributed by atoms with Crippen LogP contribution in [0.2, 0.25) is 5.02 Å². The molecule has 0 radical (unpaired) electrons. The van der Waals surface area contributed by atoms with E-state index < -0.39 is 23.4 Å². The number of amides is 2. The van der Waals surface area contributed by atoms with Gasteiger partial charge >= 0.3 is 5.97 Å². The number of benzene rings is 1. The van der Waals surface area contributed by atoms with Gasteiger partial charge in [-0.05, 0) is 44.5 Å². The van der Waals surface area contributed by atoms with E-state index in [2.05, 4.69) is 10.6 Å². The summed E-state index contributed by atoms with van der Waals surface area (Å²) in [4.78, 5) is 38.4. The number of anilines is 2. The molecule has 0 fully saturated rings. The summed E-state index contributed by atoms with van der Waals surface area (Å²) in [5.41, 5.74) is -0.461. The van der Waals surface area contributed by atoms with E-state index in [9.17, 15) is 14.4 Å². The van der Waals surface area contributed by atoms with Crippen LogP contribution in [0.3, 0.4) is 0 Å². The monoisotopic (exact) mass is 408 g/mol. The van der Waals surface area contributed by atoms with Crippen LogP contribution in [0.25, 0.3) is 0 Å². The number of nitrogens with one attached hydrogen (secondary N) is 2. The zero-order valence-electron chi connectivity index (χ0n) is 15.1. The van der Waals surface area contributed by atoms with E-state index in [0.29, 0.717) is 27.0 Å². The lowest BCUT2D eigenvalue weighted by Crippen LogP contribution is -2.56. The van der Waals surface area contributed by atoms with Gasteiger partial charge in [-0.25, -0.2) is 4.79 Å².